The number of aromatic hydroxyl groups is 1. The molecule has 1 aliphatic carbocycles. The number of carbonyl (C=O) groups is 4. The first-order chi connectivity index (χ1) is 26.8. The summed E-state index contributed by atoms with van der Waals surface area (Å²) in [5.74, 6) is -7.67. The summed E-state index contributed by atoms with van der Waals surface area (Å²) in [5.41, 5.74) is 1.26. The van der Waals surface area contributed by atoms with Crippen LogP contribution in [0.1, 0.15) is 86.0 Å². The second kappa shape index (κ2) is 15.5. The number of aromatic nitrogens is 2. The number of esters is 1. The molecule has 9 atom stereocenters. The van der Waals surface area contributed by atoms with Crippen LogP contribution in [0.3, 0.4) is 0 Å². The Labute approximate surface area is 330 Å². The third kappa shape index (κ3) is 7.10. The fourth-order valence-electron chi connectivity index (χ4n) is 7.96. The van der Waals surface area contributed by atoms with Crippen LogP contribution >= 0.6 is 0 Å². The van der Waals surface area contributed by atoms with Crippen molar-refractivity contribution in [1.82, 2.24) is 9.38 Å². The molecule has 0 radical (unpaired) electrons. The lowest BCUT2D eigenvalue weighted by Gasteiger charge is -2.38. The number of phenols is 1. The zero-order valence-corrected chi connectivity index (χ0v) is 33.7. The number of rotatable bonds is 2. The molecule has 1 amide bonds. The van der Waals surface area contributed by atoms with Crippen LogP contribution in [0.2, 0.25) is 0 Å². The molecule has 0 fully saturated rings. The average molecular weight is 784 g/mol. The Morgan fingerprint density at radius 2 is 1.67 bits per heavy atom. The second-order valence-electron chi connectivity index (χ2n) is 15.5. The van der Waals surface area contributed by atoms with E-state index in [0.29, 0.717) is 5.65 Å². The number of pyridine rings is 1. The number of hydrogen-bond acceptors (Lipinski definition) is 12. The van der Waals surface area contributed by atoms with Gasteiger partial charge in [0.1, 0.15) is 40.3 Å². The number of benzene rings is 1. The summed E-state index contributed by atoms with van der Waals surface area (Å²) in [6.07, 6.45) is 5.38. The van der Waals surface area contributed by atoms with Gasteiger partial charge in [0, 0.05) is 67.5 Å². The number of ether oxygens (including phenoxy) is 4. The molecule has 57 heavy (non-hydrogen) atoms. The van der Waals surface area contributed by atoms with Crippen LogP contribution in [0.4, 0.5) is 0 Å². The van der Waals surface area contributed by atoms with Gasteiger partial charge in [-0.3, -0.25) is 23.6 Å². The van der Waals surface area contributed by atoms with Gasteiger partial charge in [0.05, 0.1) is 35.7 Å². The van der Waals surface area contributed by atoms with Gasteiger partial charge in [0.2, 0.25) is 5.78 Å². The predicted octanol–water partition coefficient (Wildman–Crippen LogP) is 5.39. The number of imidazole rings is 1. The Kier molecular flexibility index (Phi) is 11.2. The quantitative estimate of drug-likeness (QED) is 0.281. The molecular weight excluding hydrogens is 734 g/mol. The third-order valence-corrected chi connectivity index (χ3v) is 11.4. The van der Waals surface area contributed by atoms with E-state index in [1.165, 1.54) is 53.2 Å². The van der Waals surface area contributed by atoms with E-state index in [-0.39, 0.29) is 50.7 Å². The lowest BCUT2D eigenvalue weighted by atomic mass is 9.78. The number of carbonyl (C=O) groups excluding carboxylic acids is 4. The molecule has 14 nitrogen and oxygen atoms in total. The molecule has 0 saturated heterocycles. The van der Waals surface area contributed by atoms with E-state index in [0.717, 1.165) is 5.56 Å². The molecule has 2 aromatic heterocycles. The minimum absolute atomic E-state index is 0.00776. The Balaban J connectivity index is 1.56. The number of aryl methyl sites for hydroxylation is 1. The van der Waals surface area contributed by atoms with Crippen LogP contribution in [-0.4, -0.2) is 91.2 Å². The number of aliphatic imine (C=N–C) groups is 1. The van der Waals surface area contributed by atoms with E-state index >= 15 is 0 Å². The first kappa shape index (κ1) is 41.2. The molecule has 14 heteroatoms. The van der Waals surface area contributed by atoms with Crippen molar-refractivity contribution in [2.45, 2.75) is 92.5 Å². The number of aliphatic hydroxyl groups is 2. The molecule has 3 aliphatic rings. The number of ketones is 2. The minimum atomic E-state index is -1.99. The van der Waals surface area contributed by atoms with Gasteiger partial charge in [-0.1, -0.05) is 45.9 Å². The van der Waals surface area contributed by atoms with E-state index in [1.54, 1.807) is 62.6 Å². The van der Waals surface area contributed by atoms with Crippen molar-refractivity contribution in [3.05, 3.63) is 82.4 Å². The van der Waals surface area contributed by atoms with E-state index in [4.69, 9.17) is 23.9 Å². The van der Waals surface area contributed by atoms with Crippen molar-refractivity contribution in [1.29, 1.82) is 0 Å². The molecule has 5 bridgehead atoms. The SMILES string of the molecule is CO[C@H]1/C=C/O[C@@]2(C)Oc3c(C)c(O)c4c(c3C2=O)-c2nc3cc(C)ccn3c2C(=NC(=O)/C(C)=C\C=C\[C@H](C)[C@H](O)[C@@H](C)[C@@H](O)[C@H](C)[C@H](OC(C)=O)[C@H]1C)C4=O. The molecule has 3 N–H and O–H groups in total. The Hall–Kier alpha value is -5.44. The summed E-state index contributed by atoms with van der Waals surface area (Å²) in [6.45, 7) is 14.5. The number of allylic oxidation sites excluding steroid dienone is 2. The monoisotopic (exact) mass is 783 g/mol. The van der Waals surface area contributed by atoms with Gasteiger partial charge >= 0.3 is 11.8 Å². The molecule has 6 rings (SSSR count). The summed E-state index contributed by atoms with van der Waals surface area (Å²) < 4.78 is 25.4. The van der Waals surface area contributed by atoms with Crippen LogP contribution in [0, 0.1) is 37.5 Å². The van der Waals surface area contributed by atoms with Crippen LogP contribution in [0.5, 0.6) is 11.5 Å². The lowest BCUT2D eigenvalue weighted by molar-refractivity contribution is -0.160. The number of aliphatic hydroxyl groups excluding tert-OH is 2. The molecule has 0 unspecified atom stereocenters. The number of Topliss-reactive ketones (excluding diaryl/α,β-unsaturated/α-hetero) is 2. The number of amides is 1. The number of hydrogen-bond donors (Lipinski definition) is 3. The van der Waals surface area contributed by atoms with Gasteiger partial charge in [0.25, 0.3) is 11.7 Å². The van der Waals surface area contributed by atoms with Crippen molar-refractivity contribution in [2.24, 2.45) is 28.7 Å². The van der Waals surface area contributed by atoms with E-state index < -0.39 is 83.1 Å². The molecule has 302 valence electrons. The molecule has 1 aromatic carbocycles. The zero-order valence-electron chi connectivity index (χ0n) is 33.7. The number of fused-ring (bicyclic) bond motifs is 6. The summed E-state index contributed by atoms with van der Waals surface area (Å²) in [7, 11) is 1.45. The van der Waals surface area contributed by atoms with E-state index in [9.17, 15) is 34.5 Å². The van der Waals surface area contributed by atoms with Crippen LogP contribution < -0.4 is 4.74 Å². The normalized spacial score (nSPS) is 31.5. The Morgan fingerprint density at radius 3 is 2.33 bits per heavy atom. The second-order valence-corrected chi connectivity index (χ2v) is 15.5. The maximum Gasteiger partial charge on any atom is 0.312 e. The number of phenolic OH excluding ortho intramolecular Hbond substituents is 1. The highest BCUT2D eigenvalue weighted by atomic mass is 16.7. The smallest absolute Gasteiger partial charge is 0.312 e. The van der Waals surface area contributed by atoms with Gasteiger partial charge in [-0.15, -0.1) is 0 Å². The first-order valence-electron chi connectivity index (χ1n) is 18.9. The fourth-order valence-corrected chi connectivity index (χ4v) is 7.96. The third-order valence-electron chi connectivity index (χ3n) is 11.4. The Morgan fingerprint density at radius 1 is 0.965 bits per heavy atom. The predicted molar refractivity (Wildman–Crippen MR) is 209 cm³/mol. The summed E-state index contributed by atoms with van der Waals surface area (Å²) in [6, 6.07) is 3.57. The molecular formula is C43H49N3O11. The fraction of sp³-hybridized carbons (Fsp3) is 0.442. The summed E-state index contributed by atoms with van der Waals surface area (Å²) >= 11 is 0. The van der Waals surface area contributed by atoms with Crippen molar-refractivity contribution >= 4 is 34.8 Å². The average Bonchev–Trinajstić information content (AvgIpc) is 3.67. The standard InChI is InChI=1S/C43H49N3O11/c1-19-14-16-46-28(18-19)44-32-29-30-37(50)25(7)40-31(29)41(52)43(9,57-40)55-17-15-27(54-10)22(4)39(56-26(8)47)24(6)36(49)23(5)35(48)20(2)12-11-13-21(3)42(53)45-33(34(32)46)38(30)51/h11-18,20,22-24,27,35-36,39,48-50H,1-10H3/b12-11+,17-15+,21-13-,45-33?/t20-,22-,23+,24-,27-,35-,36+,39+,43-/m0/s1. The molecule has 4 heterocycles. The molecule has 3 aromatic rings. The topological polar surface area (TPSA) is 196 Å². The van der Waals surface area contributed by atoms with Crippen LogP contribution in [0.25, 0.3) is 16.9 Å². The van der Waals surface area contributed by atoms with Gasteiger partial charge in [0.15, 0.2) is 0 Å². The van der Waals surface area contributed by atoms with Crippen LogP contribution in [-0.2, 0) is 23.8 Å². The highest BCUT2D eigenvalue weighted by molar-refractivity contribution is 6.56. The maximum atomic E-state index is 14.5. The number of methoxy groups -OCH3 is 1. The maximum absolute atomic E-state index is 14.5. The largest absolute Gasteiger partial charge is 0.507 e. The van der Waals surface area contributed by atoms with E-state index in [1.807, 2.05) is 6.92 Å². The van der Waals surface area contributed by atoms with Crippen molar-refractivity contribution < 1.29 is 53.4 Å². The first-order valence-corrected chi connectivity index (χ1v) is 18.9. The summed E-state index contributed by atoms with van der Waals surface area (Å²) in [5, 5.41) is 34.5. The highest BCUT2D eigenvalue weighted by Gasteiger charge is 2.52. The minimum Gasteiger partial charge on any atom is -0.507 e. The van der Waals surface area contributed by atoms with Crippen molar-refractivity contribution in [3.8, 4) is 22.8 Å². The molecule has 2 aliphatic heterocycles. The summed E-state index contributed by atoms with van der Waals surface area (Å²) in [4.78, 5) is 64.2. The zero-order chi connectivity index (χ0) is 41.8. The van der Waals surface area contributed by atoms with E-state index in [2.05, 4.69) is 4.99 Å². The molecule has 0 spiro atoms. The highest BCUT2D eigenvalue weighted by Crippen LogP contribution is 2.52. The number of nitrogens with zero attached hydrogens (tertiary/aromatic N) is 3. The van der Waals surface area contributed by atoms with Crippen molar-refractivity contribution in [3.63, 3.8) is 0 Å². The van der Waals surface area contributed by atoms with Crippen molar-refractivity contribution in [2.75, 3.05) is 7.11 Å². The van der Waals surface area contributed by atoms with Gasteiger partial charge in [-0.2, -0.15) is 0 Å². The van der Waals surface area contributed by atoms with Gasteiger partial charge < -0.3 is 34.3 Å². The van der Waals surface area contributed by atoms with Gasteiger partial charge in [-0.25, -0.2) is 9.98 Å². The van der Waals surface area contributed by atoms with Crippen LogP contribution in [0.15, 0.2) is 59.5 Å². The van der Waals surface area contributed by atoms with Gasteiger partial charge in [-0.05, 0) is 44.5 Å². The Bertz CT molecular complexity index is 2300. The molecule has 0 saturated carbocycles. The lowest BCUT2D eigenvalue weighted by Crippen LogP contribution is -2.46.